The predicted octanol–water partition coefficient (Wildman–Crippen LogP) is 3.84. The quantitative estimate of drug-likeness (QED) is 0.789. The number of ether oxygens (including phenoxy) is 1. The summed E-state index contributed by atoms with van der Waals surface area (Å²) in [6.07, 6.45) is 0. The van der Waals surface area contributed by atoms with Gasteiger partial charge >= 0.3 is 5.97 Å². The van der Waals surface area contributed by atoms with E-state index >= 15 is 0 Å². The molecule has 0 aromatic heterocycles. The van der Waals surface area contributed by atoms with Crippen LogP contribution in [0.15, 0.2) is 48.5 Å². The Kier molecular flexibility index (Phi) is 6.55. The van der Waals surface area contributed by atoms with Gasteiger partial charge in [0.05, 0.1) is 17.9 Å². The van der Waals surface area contributed by atoms with Gasteiger partial charge in [0.2, 0.25) is 0 Å². The highest BCUT2D eigenvalue weighted by Crippen LogP contribution is 2.18. The zero-order valence-electron chi connectivity index (χ0n) is 13.9. The smallest absolute Gasteiger partial charge is 0.335 e. The molecular weight excluding hydrogens is 324 g/mol. The van der Waals surface area contributed by atoms with E-state index < -0.39 is 16.8 Å². The molecule has 0 heterocycles. The van der Waals surface area contributed by atoms with Gasteiger partial charge in [0.1, 0.15) is 5.75 Å². The third-order valence-corrected chi connectivity index (χ3v) is 4.91. The van der Waals surface area contributed by atoms with Gasteiger partial charge in [0, 0.05) is 16.6 Å². The molecule has 4 nitrogen and oxygen atoms in total. The number of carboxylic acids is 1. The Hall–Kier alpha value is -2.14. The third-order valence-electron chi connectivity index (χ3n) is 3.63. The van der Waals surface area contributed by atoms with Crippen LogP contribution in [-0.4, -0.2) is 27.6 Å². The second-order valence-electron chi connectivity index (χ2n) is 5.87. The molecule has 1 atom stereocenters. The summed E-state index contributed by atoms with van der Waals surface area (Å²) in [5, 5.41) is 8.97. The highest BCUT2D eigenvalue weighted by molar-refractivity contribution is 7.84. The summed E-state index contributed by atoms with van der Waals surface area (Å²) in [4.78, 5) is 10.9. The van der Waals surface area contributed by atoms with Crippen molar-refractivity contribution < 1.29 is 18.8 Å². The molecule has 0 fully saturated rings. The second kappa shape index (κ2) is 8.64. The van der Waals surface area contributed by atoms with Crippen LogP contribution >= 0.6 is 0 Å². The largest absolute Gasteiger partial charge is 0.493 e. The topological polar surface area (TPSA) is 63.6 Å². The van der Waals surface area contributed by atoms with Gasteiger partial charge in [-0.15, -0.1) is 0 Å². The molecule has 0 aliphatic rings. The molecule has 0 amide bonds. The van der Waals surface area contributed by atoms with E-state index in [9.17, 15) is 9.00 Å². The van der Waals surface area contributed by atoms with Crippen LogP contribution in [0.3, 0.4) is 0 Å². The zero-order chi connectivity index (χ0) is 17.5. The van der Waals surface area contributed by atoms with Gasteiger partial charge < -0.3 is 9.84 Å². The first-order valence-electron chi connectivity index (χ1n) is 7.85. The Morgan fingerprint density at radius 3 is 2.50 bits per heavy atom. The van der Waals surface area contributed by atoms with Crippen molar-refractivity contribution in [1.29, 1.82) is 0 Å². The van der Waals surface area contributed by atoms with Crippen LogP contribution in [0, 0.1) is 0 Å². The van der Waals surface area contributed by atoms with Crippen LogP contribution < -0.4 is 4.74 Å². The molecule has 0 saturated carbocycles. The molecule has 1 N–H and O–H groups in total. The molecule has 0 aliphatic carbocycles. The molecule has 1 unspecified atom stereocenters. The highest BCUT2D eigenvalue weighted by Gasteiger charge is 2.07. The van der Waals surface area contributed by atoms with Crippen LogP contribution in [0.1, 0.15) is 41.3 Å². The van der Waals surface area contributed by atoms with Crippen molar-refractivity contribution in [3.63, 3.8) is 0 Å². The van der Waals surface area contributed by atoms with E-state index in [1.54, 1.807) is 18.2 Å². The Bertz CT molecular complexity index is 708. The van der Waals surface area contributed by atoms with Gasteiger partial charge in [-0.3, -0.25) is 4.21 Å². The van der Waals surface area contributed by atoms with Gasteiger partial charge in [0.25, 0.3) is 0 Å². The zero-order valence-corrected chi connectivity index (χ0v) is 14.7. The van der Waals surface area contributed by atoms with Crippen LogP contribution in [0.25, 0.3) is 0 Å². The van der Waals surface area contributed by atoms with Gasteiger partial charge in [-0.1, -0.05) is 38.1 Å². The molecule has 2 aromatic rings. The van der Waals surface area contributed by atoms with Gasteiger partial charge in [-0.25, -0.2) is 4.79 Å². The average molecular weight is 346 g/mol. The Labute approximate surface area is 144 Å². The number of carboxylic acid groups (broad SMARTS) is 1. The van der Waals surface area contributed by atoms with Crippen LogP contribution in [-0.2, 0) is 16.6 Å². The van der Waals surface area contributed by atoms with E-state index in [0.717, 1.165) is 11.3 Å². The lowest BCUT2D eigenvalue weighted by Crippen LogP contribution is -2.10. The normalized spacial score (nSPS) is 12.1. The first-order chi connectivity index (χ1) is 11.5. The summed E-state index contributed by atoms with van der Waals surface area (Å²) in [6.45, 7) is 4.64. The Morgan fingerprint density at radius 1 is 1.17 bits per heavy atom. The molecule has 5 heteroatoms. The lowest BCUT2D eigenvalue weighted by molar-refractivity contribution is 0.0696. The van der Waals surface area contributed by atoms with Crippen molar-refractivity contribution in [2.24, 2.45) is 0 Å². The van der Waals surface area contributed by atoms with Crippen molar-refractivity contribution in [3.05, 3.63) is 65.2 Å². The number of hydrogen-bond donors (Lipinski definition) is 1. The van der Waals surface area contributed by atoms with Gasteiger partial charge in [0.15, 0.2) is 0 Å². The summed E-state index contributed by atoms with van der Waals surface area (Å²) in [6, 6.07) is 14.5. The Balaban J connectivity index is 1.81. The summed E-state index contributed by atoms with van der Waals surface area (Å²) in [5.74, 6) is 1.01. The lowest BCUT2D eigenvalue weighted by Gasteiger charge is -2.09. The summed E-state index contributed by atoms with van der Waals surface area (Å²) >= 11 is 0. The summed E-state index contributed by atoms with van der Waals surface area (Å²) in [7, 11) is -1.10. The second-order valence-corrected chi connectivity index (χ2v) is 7.44. The summed E-state index contributed by atoms with van der Waals surface area (Å²) < 4.78 is 17.7. The van der Waals surface area contributed by atoms with Crippen LogP contribution in [0.2, 0.25) is 0 Å². The van der Waals surface area contributed by atoms with Crippen LogP contribution in [0.5, 0.6) is 5.75 Å². The van der Waals surface area contributed by atoms with Crippen molar-refractivity contribution in [2.75, 3.05) is 12.4 Å². The minimum atomic E-state index is -1.10. The van der Waals surface area contributed by atoms with Gasteiger partial charge in [-0.2, -0.15) is 0 Å². The first-order valence-corrected chi connectivity index (χ1v) is 9.34. The number of rotatable bonds is 8. The predicted molar refractivity (Wildman–Crippen MR) is 96.1 cm³/mol. The van der Waals surface area contributed by atoms with E-state index in [4.69, 9.17) is 9.84 Å². The number of benzene rings is 2. The van der Waals surface area contributed by atoms with E-state index in [0.29, 0.717) is 24.0 Å². The molecule has 0 radical (unpaired) electrons. The highest BCUT2D eigenvalue weighted by atomic mass is 32.2. The van der Waals surface area contributed by atoms with Crippen molar-refractivity contribution in [2.45, 2.75) is 25.5 Å². The monoisotopic (exact) mass is 346 g/mol. The SMILES string of the molecule is CC(C)c1ccc(OCCS(=O)Cc2cccc(C(=O)O)c2)cc1. The molecule has 24 heavy (non-hydrogen) atoms. The Morgan fingerprint density at radius 2 is 1.88 bits per heavy atom. The molecule has 2 rings (SSSR count). The molecule has 2 aromatic carbocycles. The third kappa shape index (κ3) is 5.49. The molecule has 128 valence electrons. The first kappa shape index (κ1) is 18.2. The van der Waals surface area contributed by atoms with E-state index in [1.165, 1.54) is 11.6 Å². The molecule has 0 bridgehead atoms. The van der Waals surface area contributed by atoms with Crippen molar-refractivity contribution in [3.8, 4) is 5.75 Å². The maximum Gasteiger partial charge on any atom is 0.335 e. The van der Waals surface area contributed by atoms with Crippen molar-refractivity contribution in [1.82, 2.24) is 0 Å². The average Bonchev–Trinajstić information content (AvgIpc) is 2.55. The van der Waals surface area contributed by atoms with E-state index in [-0.39, 0.29) is 5.56 Å². The van der Waals surface area contributed by atoms with Crippen molar-refractivity contribution >= 4 is 16.8 Å². The van der Waals surface area contributed by atoms with Gasteiger partial charge in [-0.05, 0) is 41.3 Å². The molecular formula is C19H22O4S. The number of hydrogen-bond acceptors (Lipinski definition) is 3. The standard InChI is InChI=1S/C19H22O4S/c1-14(2)16-6-8-18(9-7-16)23-10-11-24(22)13-15-4-3-5-17(12-15)19(20)21/h3-9,12,14H,10-11,13H2,1-2H3,(H,20,21). The minimum Gasteiger partial charge on any atom is -0.493 e. The molecule has 0 spiro atoms. The van der Waals surface area contributed by atoms with E-state index in [1.807, 2.05) is 24.3 Å². The molecule has 0 saturated heterocycles. The maximum absolute atomic E-state index is 12.1. The molecule has 0 aliphatic heterocycles. The fraction of sp³-hybridized carbons (Fsp3) is 0.316. The van der Waals surface area contributed by atoms with Crippen LogP contribution in [0.4, 0.5) is 0 Å². The fourth-order valence-corrected chi connectivity index (χ4v) is 3.22. The number of carbonyl (C=O) groups is 1. The lowest BCUT2D eigenvalue weighted by atomic mass is 10.0. The fourth-order valence-electron chi connectivity index (χ4n) is 2.25. The minimum absolute atomic E-state index is 0.214. The summed E-state index contributed by atoms with van der Waals surface area (Å²) in [5.41, 5.74) is 2.23. The van der Waals surface area contributed by atoms with E-state index in [2.05, 4.69) is 13.8 Å². The number of aromatic carboxylic acids is 1. The maximum atomic E-state index is 12.1.